The van der Waals surface area contributed by atoms with Crippen molar-refractivity contribution in [2.75, 3.05) is 18.4 Å². The van der Waals surface area contributed by atoms with Gasteiger partial charge in [-0.2, -0.15) is 4.31 Å². The highest BCUT2D eigenvalue weighted by Gasteiger charge is 2.38. The Balaban J connectivity index is 1.58. The molecule has 7 nitrogen and oxygen atoms in total. The summed E-state index contributed by atoms with van der Waals surface area (Å²) in [6.07, 6.45) is 1.90. The van der Waals surface area contributed by atoms with Crippen molar-refractivity contribution in [2.45, 2.75) is 55.6 Å². The van der Waals surface area contributed by atoms with Crippen LogP contribution in [0.3, 0.4) is 0 Å². The Bertz CT molecular complexity index is 1740. The molecular formula is C35H38F4N4O3S. The van der Waals surface area contributed by atoms with Crippen LogP contribution in [0.15, 0.2) is 114 Å². The number of carbonyl (C=O) groups is 1. The number of hydrogen-bond acceptors (Lipinski definition) is 5. The zero-order chi connectivity index (χ0) is 34.3. The first-order valence-electron chi connectivity index (χ1n) is 15.1. The molecule has 1 heterocycles. The molecule has 3 aromatic rings. The smallest absolute Gasteiger partial charge is 0.243 e. The van der Waals surface area contributed by atoms with Gasteiger partial charge < -0.3 is 16.4 Å². The maximum atomic E-state index is 15.3. The fourth-order valence-electron chi connectivity index (χ4n) is 5.80. The molecule has 12 heteroatoms. The molecule has 0 unspecified atom stereocenters. The summed E-state index contributed by atoms with van der Waals surface area (Å²) in [6.45, 7) is 7.50. The molecule has 1 fully saturated rings. The molecule has 4 atom stereocenters. The fourth-order valence-corrected chi connectivity index (χ4v) is 7.67. The number of sulfonamides is 1. The number of nitrogens with two attached hydrogens (primary N) is 1. The normalized spacial score (nSPS) is 19.2. The number of allylic oxidation sites excluding steroid dienone is 4. The van der Waals surface area contributed by atoms with E-state index in [1.807, 2.05) is 0 Å². The van der Waals surface area contributed by atoms with Crippen LogP contribution in [0.1, 0.15) is 37.3 Å². The molecule has 1 amide bonds. The Labute approximate surface area is 272 Å². The highest BCUT2D eigenvalue weighted by atomic mass is 32.2. The molecule has 0 aromatic heterocycles. The highest BCUT2D eigenvalue weighted by molar-refractivity contribution is 7.89. The first-order chi connectivity index (χ1) is 22.3. The topological polar surface area (TPSA) is 105 Å². The highest BCUT2D eigenvalue weighted by Crippen LogP contribution is 2.31. The molecular weight excluding hydrogens is 632 g/mol. The number of rotatable bonds is 12. The largest absolute Gasteiger partial charge is 0.324 e. The third kappa shape index (κ3) is 8.83. The molecule has 4 N–H and O–H groups in total. The van der Waals surface area contributed by atoms with Gasteiger partial charge in [0.15, 0.2) is 0 Å². The van der Waals surface area contributed by atoms with Crippen molar-refractivity contribution in [3.63, 3.8) is 0 Å². The minimum atomic E-state index is -3.85. The Morgan fingerprint density at radius 2 is 1.72 bits per heavy atom. The number of amides is 1. The minimum Gasteiger partial charge on any atom is -0.324 e. The van der Waals surface area contributed by atoms with E-state index in [4.69, 9.17) is 5.73 Å². The molecule has 0 saturated carbocycles. The lowest BCUT2D eigenvalue weighted by atomic mass is 9.85. The van der Waals surface area contributed by atoms with Crippen LogP contribution in [-0.2, 0) is 21.2 Å². The van der Waals surface area contributed by atoms with Gasteiger partial charge in [0.2, 0.25) is 15.9 Å². The van der Waals surface area contributed by atoms with Crippen LogP contribution in [0.25, 0.3) is 0 Å². The minimum absolute atomic E-state index is 0.0207. The monoisotopic (exact) mass is 670 g/mol. The van der Waals surface area contributed by atoms with Gasteiger partial charge in [-0.1, -0.05) is 43.0 Å². The predicted octanol–water partition coefficient (Wildman–Crippen LogP) is 6.28. The van der Waals surface area contributed by atoms with Gasteiger partial charge in [0.05, 0.1) is 16.8 Å². The lowest BCUT2D eigenvalue weighted by Gasteiger charge is -2.40. The zero-order valence-corrected chi connectivity index (χ0v) is 26.9. The summed E-state index contributed by atoms with van der Waals surface area (Å²) in [4.78, 5) is 13.7. The molecule has 1 saturated heterocycles. The van der Waals surface area contributed by atoms with Crippen molar-refractivity contribution in [3.05, 3.63) is 132 Å². The van der Waals surface area contributed by atoms with Crippen LogP contribution < -0.4 is 16.4 Å². The quantitative estimate of drug-likeness (QED) is 0.156. The summed E-state index contributed by atoms with van der Waals surface area (Å²) in [5.41, 5.74) is 7.03. The van der Waals surface area contributed by atoms with Gasteiger partial charge in [-0.15, -0.1) is 0 Å². The van der Waals surface area contributed by atoms with Crippen molar-refractivity contribution in [3.8, 4) is 0 Å². The van der Waals surface area contributed by atoms with Gasteiger partial charge in [0.1, 0.15) is 17.5 Å². The maximum Gasteiger partial charge on any atom is 0.243 e. The average Bonchev–Trinajstić information content (AvgIpc) is 3.01. The van der Waals surface area contributed by atoms with E-state index in [1.54, 1.807) is 25.1 Å². The number of benzene rings is 3. The number of piperazine rings is 1. The first kappa shape index (κ1) is 35.7. The number of nitrogens with one attached hydrogen (secondary N) is 2. The van der Waals surface area contributed by atoms with Crippen LogP contribution in [0, 0.1) is 11.6 Å². The Kier molecular flexibility index (Phi) is 11.9. The molecule has 1 aliphatic rings. The van der Waals surface area contributed by atoms with Crippen molar-refractivity contribution in [1.29, 1.82) is 0 Å². The molecule has 1 aliphatic heterocycles. The molecule has 47 heavy (non-hydrogen) atoms. The average molecular weight is 671 g/mol. The Morgan fingerprint density at radius 1 is 1.04 bits per heavy atom. The lowest BCUT2D eigenvalue weighted by molar-refractivity contribution is -0.117. The van der Waals surface area contributed by atoms with E-state index < -0.39 is 57.2 Å². The molecule has 4 rings (SSSR count). The number of nitrogens with zero attached hydrogens (tertiary/aromatic N) is 1. The summed E-state index contributed by atoms with van der Waals surface area (Å²) in [7, 11) is -3.85. The van der Waals surface area contributed by atoms with Crippen molar-refractivity contribution in [1.82, 2.24) is 9.62 Å². The Morgan fingerprint density at radius 3 is 2.38 bits per heavy atom. The molecule has 3 aromatic carbocycles. The summed E-state index contributed by atoms with van der Waals surface area (Å²) in [6, 6.07) is 15.0. The van der Waals surface area contributed by atoms with E-state index in [-0.39, 0.29) is 40.6 Å². The van der Waals surface area contributed by atoms with Gasteiger partial charge >= 0.3 is 0 Å². The van der Waals surface area contributed by atoms with E-state index in [0.717, 1.165) is 25.1 Å². The van der Waals surface area contributed by atoms with Crippen molar-refractivity contribution in [2.24, 2.45) is 5.73 Å². The van der Waals surface area contributed by atoms with Crippen molar-refractivity contribution >= 4 is 21.6 Å². The SMILES string of the molecule is C=C(/C=C(F)\C=C(/C)F)[C@H](c1ccc(F)cc1)[C@H](N)C(=O)Nc1cccc(F)c1CC[C@H]1CNC[C@H](C)N1S(=O)(=O)c1ccccc1. The van der Waals surface area contributed by atoms with Crippen LogP contribution >= 0.6 is 0 Å². The number of carbonyl (C=O) groups excluding carboxylic acids is 1. The summed E-state index contributed by atoms with van der Waals surface area (Å²) in [5, 5.41) is 5.91. The van der Waals surface area contributed by atoms with Crippen molar-refractivity contribution < 1.29 is 30.8 Å². The maximum absolute atomic E-state index is 15.3. The van der Waals surface area contributed by atoms with E-state index in [2.05, 4.69) is 17.2 Å². The molecule has 250 valence electrons. The van der Waals surface area contributed by atoms with E-state index in [9.17, 15) is 26.4 Å². The number of halogens is 4. The van der Waals surface area contributed by atoms with Gasteiger partial charge in [-0.3, -0.25) is 4.79 Å². The fraction of sp³-hybridized carbons (Fsp3) is 0.286. The molecule has 0 radical (unpaired) electrons. The third-order valence-electron chi connectivity index (χ3n) is 7.99. The summed E-state index contributed by atoms with van der Waals surface area (Å²) in [5.74, 6) is -4.72. The van der Waals surface area contributed by atoms with E-state index >= 15 is 4.39 Å². The standard InChI is InChI=1S/C35H38F4N4O3S/c1-22(18-27(38)19-23(2)36)33(25-12-14-26(37)15-13-25)34(40)35(44)42-32-11-7-10-31(39)30(32)17-16-28-21-41-20-24(3)43(28)47(45,46)29-8-5-4-6-9-29/h4-15,18-19,24,28,33-34,41H,1,16-17,20-21,40H2,2-3H3,(H,42,44)/b23-19+,27-18+/t24-,28-,33+,34-/m0/s1. The van der Waals surface area contributed by atoms with E-state index in [1.165, 1.54) is 46.8 Å². The number of anilines is 1. The van der Waals surface area contributed by atoms with Gasteiger partial charge in [-0.05, 0) is 80.3 Å². The van der Waals surface area contributed by atoms with Gasteiger partial charge in [-0.25, -0.2) is 26.0 Å². The van der Waals surface area contributed by atoms with Crippen LogP contribution in [0.2, 0.25) is 0 Å². The first-order valence-corrected chi connectivity index (χ1v) is 16.5. The summed E-state index contributed by atoms with van der Waals surface area (Å²) < 4.78 is 85.4. The number of hydrogen-bond donors (Lipinski definition) is 3. The molecule has 0 aliphatic carbocycles. The summed E-state index contributed by atoms with van der Waals surface area (Å²) >= 11 is 0. The molecule has 0 spiro atoms. The third-order valence-corrected chi connectivity index (χ3v) is 10.1. The van der Waals surface area contributed by atoms with Gasteiger partial charge in [0, 0.05) is 48.4 Å². The molecule has 0 bridgehead atoms. The second-order valence-electron chi connectivity index (χ2n) is 11.5. The van der Waals surface area contributed by atoms with Crippen LogP contribution in [0.4, 0.5) is 23.2 Å². The lowest BCUT2D eigenvalue weighted by Crippen LogP contribution is -2.58. The second-order valence-corrected chi connectivity index (χ2v) is 13.3. The second kappa shape index (κ2) is 15.7. The van der Waals surface area contributed by atoms with Crippen LogP contribution in [-0.4, -0.2) is 49.8 Å². The van der Waals surface area contributed by atoms with E-state index in [0.29, 0.717) is 24.7 Å². The zero-order valence-electron chi connectivity index (χ0n) is 26.1. The Hall–Kier alpha value is -4.10. The van der Waals surface area contributed by atoms with Gasteiger partial charge in [0.25, 0.3) is 0 Å². The van der Waals surface area contributed by atoms with Crippen LogP contribution in [0.5, 0.6) is 0 Å². The predicted molar refractivity (Wildman–Crippen MR) is 175 cm³/mol.